The quantitative estimate of drug-likeness (QED) is 0.169. The number of hydrogen-bond donors (Lipinski definition) is 0. The maximum absolute atomic E-state index is 6.59. The van der Waals surface area contributed by atoms with Gasteiger partial charge in [-0.25, -0.2) is 0 Å². The molecule has 3 heteroatoms. The van der Waals surface area contributed by atoms with Crippen LogP contribution in [0.4, 0.5) is 17.1 Å². The van der Waals surface area contributed by atoms with E-state index in [9.17, 15) is 0 Å². The summed E-state index contributed by atoms with van der Waals surface area (Å²) in [7, 11) is 0. The molecule has 0 amide bonds. The van der Waals surface area contributed by atoms with Crippen LogP contribution in [-0.2, 0) is 0 Å². The highest BCUT2D eigenvalue weighted by Crippen LogP contribution is 2.43. The number of anilines is 3. The van der Waals surface area contributed by atoms with Crippen LogP contribution in [0.1, 0.15) is 0 Å². The summed E-state index contributed by atoms with van der Waals surface area (Å²) in [5, 5.41) is 9.28. The Labute approximate surface area is 340 Å². The molecule has 0 bridgehead atoms. The van der Waals surface area contributed by atoms with E-state index in [0.717, 1.165) is 88.6 Å². The van der Waals surface area contributed by atoms with Gasteiger partial charge in [0.2, 0.25) is 0 Å². The second-order valence-electron chi connectivity index (χ2n) is 15.2. The predicted octanol–water partition coefficient (Wildman–Crippen LogP) is 16.3. The Hall–Kier alpha value is -7.88. The smallest absolute Gasteiger partial charge is 0.143 e. The average molecular weight is 754 g/mol. The fourth-order valence-corrected chi connectivity index (χ4v) is 9.09. The lowest BCUT2D eigenvalue weighted by atomic mass is 9.97. The van der Waals surface area contributed by atoms with E-state index in [0.29, 0.717) is 0 Å². The van der Waals surface area contributed by atoms with Crippen LogP contribution in [-0.4, -0.2) is 0 Å². The van der Waals surface area contributed by atoms with Crippen molar-refractivity contribution in [3.8, 4) is 33.4 Å². The first-order valence-electron chi connectivity index (χ1n) is 20.1. The largest absolute Gasteiger partial charge is 0.455 e. The lowest BCUT2D eigenvalue weighted by Crippen LogP contribution is -2.10. The maximum atomic E-state index is 6.59. The van der Waals surface area contributed by atoms with Gasteiger partial charge in [-0.05, 0) is 98.6 Å². The number of para-hydroxylation sites is 2. The van der Waals surface area contributed by atoms with Gasteiger partial charge in [0, 0.05) is 49.6 Å². The molecule has 0 atom stereocenters. The van der Waals surface area contributed by atoms with Crippen molar-refractivity contribution in [2.24, 2.45) is 0 Å². The van der Waals surface area contributed by atoms with Gasteiger partial charge in [-0.3, -0.25) is 0 Å². The molecule has 3 nitrogen and oxygen atoms in total. The van der Waals surface area contributed by atoms with Crippen LogP contribution in [0.2, 0.25) is 0 Å². The van der Waals surface area contributed by atoms with Crippen LogP contribution in [0.3, 0.4) is 0 Å². The molecule has 0 aliphatic heterocycles. The van der Waals surface area contributed by atoms with E-state index in [-0.39, 0.29) is 0 Å². The Bertz CT molecular complexity index is 3550. The first-order valence-corrected chi connectivity index (χ1v) is 20.1. The summed E-state index contributed by atoms with van der Waals surface area (Å²) in [6.45, 7) is 0. The van der Waals surface area contributed by atoms with Crippen LogP contribution >= 0.6 is 0 Å². The van der Waals surface area contributed by atoms with Crippen molar-refractivity contribution in [3.63, 3.8) is 0 Å². The second kappa shape index (κ2) is 13.4. The zero-order valence-corrected chi connectivity index (χ0v) is 32.0. The molecule has 276 valence electrons. The van der Waals surface area contributed by atoms with Crippen LogP contribution in [0.25, 0.3) is 98.8 Å². The first-order chi connectivity index (χ1) is 29.2. The highest BCUT2D eigenvalue weighted by Gasteiger charge is 2.19. The number of nitrogens with zero attached hydrogens (tertiary/aromatic N) is 1. The molecule has 2 aromatic heterocycles. The summed E-state index contributed by atoms with van der Waals surface area (Å²) in [4.78, 5) is 2.35. The Morgan fingerprint density at radius 3 is 1.66 bits per heavy atom. The van der Waals surface area contributed by atoms with Gasteiger partial charge in [-0.2, -0.15) is 0 Å². The van der Waals surface area contributed by atoms with Gasteiger partial charge in [-0.1, -0.05) is 158 Å². The molecule has 0 N–H and O–H groups in total. The van der Waals surface area contributed by atoms with Gasteiger partial charge >= 0.3 is 0 Å². The zero-order chi connectivity index (χ0) is 38.9. The van der Waals surface area contributed by atoms with Crippen molar-refractivity contribution in [2.75, 3.05) is 4.90 Å². The number of furan rings is 2. The van der Waals surface area contributed by atoms with Crippen LogP contribution in [0.15, 0.2) is 221 Å². The molecular weight excluding hydrogens is 719 g/mol. The van der Waals surface area contributed by atoms with Crippen molar-refractivity contribution in [2.45, 2.75) is 0 Å². The summed E-state index contributed by atoms with van der Waals surface area (Å²) >= 11 is 0. The minimum absolute atomic E-state index is 0.884. The summed E-state index contributed by atoms with van der Waals surface area (Å²) in [6, 6.07) is 75.7. The molecule has 0 aliphatic carbocycles. The standard InChI is InChI=1S/C56H35NO2/c1-3-16-44-36(11-1)13-8-19-45(44)38-25-30-41(31-26-38)57(42-32-27-39(28-33-42)48-21-9-22-50-49-18-5-6-23-52(49)58-55(48)50)43-15-7-14-40(35-43)46-20-10-24-53-54(46)51-34-29-37-12-2-4-17-47(37)56(51)59-53/h1-35H. The summed E-state index contributed by atoms with van der Waals surface area (Å²) < 4.78 is 13.0. The van der Waals surface area contributed by atoms with E-state index in [2.05, 4.69) is 205 Å². The molecule has 12 rings (SSSR count). The van der Waals surface area contributed by atoms with Crippen molar-refractivity contribution in [1.29, 1.82) is 0 Å². The third-order valence-electron chi connectivity index (χ3n) is 11.9. The van der Waals surface area contributed by atoms with E-state index in [1.54, 1.807) is 0 Å². The Kier molecular flexibility index (Phi) is 7.54. The zero-order valence-electron chi connectivity index (χ0n) is 32.0. The Morgan fingerprint density at radius 1 is 0.288 bits per heavy atom. The molecule has 59 heavy (non-hydrogen) atoms. The summed E-state index contributed by atoms with van der Waals surface area (Å²) in [5.74, 6) is 0. The van der Waals surface area contributed by atoms with Crippen molar-refractivity contribution in [1.82, 2.24) is 0 Å². The third-order valence-corrected chi connectivity index (χ3v) is 11.9. The van der Waals surface area contributed by atoms with Crippen molar-refractivity contribution in [3.05, 3.63) is 212 Å². The number of rotatable bonds is 6. The van der Waals surface area contributed by atoms with E-state index in [1.807, 2.05) is 12.1 Å². The molecule has 0 saturated carbocycles. The van der Waals surface area contributed by atoms with Crippen molar-refractivity contribution >= 4 is 82.5 Å². The highest BCUT2D eigenvalue weighted by molar-refractivity contribution is 6.19. The predicted molar refractivity (Wildman–Crippen MR) is 247 cm³/mol. The normalized spacial score (nSPS) is 11.7. The second-order valence-corrected chi connectivity index (χ2v) is 15.2. The molecule has 0 aliphatic rings. The van der Waals surface area contributed by atoms with E-state index in [1.165, 1.54) is 27.3 Å². The average Bonchev–Trinajstić information content (AvgIpc) is 3.89. The molecular formula is C56H35NO2. The lowest BCUT2D eigenvalue weighted by Gasteiger charge is -2.26. The third kappa shape index (κ3) is 5.44. The van der Waals surface area contributed by atoms with Crippen LogP contribution < -0.4 is 4.90 Å². The maximum Gasteiger partial charge on any atom is 0.143 e. The summed E-state index contributed by atoms with van der Waals surface area (Å²) in [6.07, 6.45) is 0. The monoisotopic (exact) mass is 753 g/mol. The molecule has 0 fully saturated rings. The van der Waals surface area contributed by atoms with Gasteiger partial charge in [0.25, 0.3) is 0 Å². The topological polar surface area (TPSA) is 29.5 Å². The molecule has 0 unspecified atom stereocenters. The van der Waals surface area contributed by atoms with Gasteiger partial charge in [-0.15, -0.1) is 0 Å². The first kappa shape index (κ1) is 33.3. The van der Waals surface area contributed by atoms with E-state index >= 15 is 0 Å². The molecule has 0 radical (unpaired) electrons. The van der Waals surface area contributed by atoms with E-state index < -0.39 is 0 Å². The molecule has 2 heterocycles. The number of benzene rings is 10. The van der Waals surface area contributed by atoms with Gasteiger partial charge in [0.15, 0.2) is 0 Å². The van der Waals surface area contributed by atoms with Gasteiger partial charge in [0.1, 0.15) is 22.3 Å². The molecule has 0 saturated heterocycles. The lowest BCUT2D eigenvalue weighted by molar-refractivity contribution is 0.670. The molecule has 10 aromatic carbocycles. The van der Waals surface area contributed by atoms with Crippen LogP contribution in [0.5, 0.6) is 0 Å². The van der Waals surface area contributed by atoms with E-state index in [4.69, 9.17) is 8.83 Å². The Balaban J connectivity index is 0.998. The van der Waals surface area contributed by atoms with Crippen LogP contribution in [0, 0.1) is 0 Å². The highest BCUT2D eigenvalue weighted by atomic mass is 16.3. The number of fused-ring (bicyclic) bond motifs is 9. The van der Waals surface area contributed by atoms with Gasteiger partial charge < -0.3 is 13.7 Å². The fraction of sp³-hybridized carbons (Fsp3) is 0. The SMILES string of the molecule is c1cc(-c2cccc3oc4c5ccccc5ccc4c23)cc(N(c2ccc(-c3cccc4ccccc34)cc2)c2ccc(-c3cccc4c3oc3ccccc34)cc2)c1. The van der Waals surface area contributed by atoms with Gasteiger partial charge in [0.05, 0.1) is 0 Å². The number of hydrogen-bond acceptors (Lipinski definition) is 3. The minimum atomic E-state index is 0.884. The summed E-state index contributed by atoms with van der Waals surface area (Å²) in [5.41, 5.74) is 13.6. The molecule has 0 spiro atoms. The Morgan fingerprint density at radius 2 is 0.847 bits per heavy atom. The minimum Gasteiger partial charge on any atom is -0.455 e. The van der Waals surface area contributed by atoms with Crippen molar-refractivity contribution < 1.29 is 8.83 Å². The fourth-order valence-electron chi connectivity index (χ4n) is 9.09. The molecule has 12 aromatic rings.